The van der Waals surface area contributed by atoms with E-state index in [1.54, 1.807) is 0 Å². The first-order valence-corrected chi connectivity index (χ1v) is 6.32. The lowest BCUT2D eigenvalue weighted by atomic mass is 10.2. The monoisotopic (exact) mass is 234 g/mol. The minimum Gasteiger partial charge on any atom is -0.371 e. The first-order chi connectivity index (χ1) is 8.16. The van der Waals surface area contributed by atoms with E-state index in [0.717, 1.165) is 13.1 Å². The van der Waals surface area contributed by atoms with Crippen LogP contribution in [0.5, 0.6) is 0 Å². The molecule has 2 rings (SSSR count). The molecule has 0 saturated carbocycles. The molecule has 0 aliphatic carbocycles. The lowest BCUT2D eigenvalue weighted by Gasteiger charge is -2.19. The lowest BCUT2D eigenvalue weighted by molar-refractivity contribution is 0.0369. The Morgan fingerprint density at radius 3 is 2.59 bits per heavy atom. The molecule has 94 valence electrons. The average molecular weight is 234 g/mol. The number of ether oxygens (including phenoxy) is 1. The van der Waals surface area contributed by atoms with Gasteiger partial charge < -0.3 is 10.5 Å². The number of likely N-dealkylation sites (tertiary alicyclic amines) is 1. The second-order valence-corrected chi connectivity index (χ2v) is 5.05. The van der Waals surface area contributed by atoms with Gasteiger partial charge >= 0.3 is 0 Å². The molecule has 0 amide bonds. The van der Waals surface area contributed by atoms with Gasteiger partial charge in [-0.3, -0.25) is 4.90 Å². The van der Waals surface area contributed by atoms with Crippen molar-refractivity contribution in [1.82, 2.24) is 4.90 Å². The van der Waals surface area contributed by atoms with Crippen molar-refractivity contribution in [3.8, 4) is 0 Å². The molecule has 1 fully saturated rings. The van der Waals surface area contributed by atoms with E-state index in [4.69, 9.17) is 10.5 Å². The fourth-order valence-corrected chi connectivity index (χ4v) is 2.20. The van der Waals surface area contributed by atoms with Crippen LogP contribution < -0.4 is 5.73 Å². The summed E-state index contributed by atoms with van der Waals surface area (Å²) in [6.45, 7) is 6.95. The third-order valence-electron chi connectivity index (χ3n) is 3.37. The topological polar surface area (TPSA) is 38.5 Å². The van der Waals surface area contributed by atoms with E-state index in [9.17, 15) is 0 Å². The first-order valence-electron chi connectivity index (χ1n) is 6.32. The Bertz CT molecular complexity index is 339. The van der Waals surface area contributed by atoms with E-state index in [1.807, 2.05) is 18.2 Å². The maximum absolute atomic E-state index is 6.10. The molecule has 0 radical (unpaired) electrons. The number of hydrogen-bond acceptors (Lipinski definition) is 3. The maximum atomic E-state index is 6.10. The average Bonchev–Trinajstić information content (AvgIpc) is 2.70. The molecule has 3 nitrogen and oxygen atoms in total. The van der Waals surface area contributed by atoms with Crippen LogP contribution >= 0.6 is 0 Å². The van der Waals surface area contributed by atoms with Crippen molar-refractivity contribution in [2.75, 3.05) is 13.1 Å². The molecule has 0 aromatic heterocycles. The summed E-state index contributed by atoms with van der Waals surface area (Å²) in [5.74, 6) is 0. The molecule has 1 aromatic carbocycles. The molecule has 1 aliphatic rings. The van der Waals surface area contributed by atoms with Gasteiger partial charge in [-0.05, 0) is 19.4 Å². The predicted octanol–water partition coefficient (Wildman–Crippen LogP) is 1.62. The quantitative estimate of drug-likeness (QED) is 0.860. The lowest BCUT2D eigenvalue weighted by Crippen LogP contribution is -2.35. The van der Waals surface area contributed by atoms with Crippen molar-refractivity contribution < 1.29 is 4.74 Å². The van der Waals surface area contributed by atoms with E-state index in [2.05, 4.69) is 30.9 Å². The molecular formula is C14H22N2O. The van der Waals surface area contributed by atoms with Crippen LogP contribution in [0, 0.1) is 0 Å². The molecule has 2 atom stereocenters. The van der Waals surface area contributed by atoms with Gasteiger partial charge in [-0.1, -0.05) is 30.3 Å². The predicted molar refractivity (Wildman–Crippen MR) is 69.7 cm³/mol. The van der Waals surface area contributed by atoms with Gasteiger partial charge in [-0.2, -0.15) is 0 Å². The molecule has 3 heteroatoms. The van der Waals surface area contributed by atoms with Gasteiger partial charge in [-0.15, -0.1) is 0 Å². The van der Waals surface area contributed by atoms with Crippen molar-refractivity contribution in [3.63, 3.8) is 0 Å². The zero-order valence-corrected chi connectivity index (χ0v) is 10.7. The Labute approximate surface area is 104 Å². The molecule has 1 aliphatic heterocycles. The van der Waals surface area contributed by atoms with E-state index in [0.29, 0.717) is 12.6 Å². The number of nitrogens with two attached hydrogens (primary N) is 1. The van der Waals surface area contributed by atoms with Crippen LogP contribution in [-0.2, 0) is 11.3 Å². The van der Waals surface area contributed by atoms with E-state index in [1.165, 1.54) is 5.56 Å². The van der Waals surface area contributed by atoms with Gasteiger partial charge in [0.15, 0.2) is 0 Å². The SMILES string of the molecule is CC(C)N1CC(N)C(OCc2ccccc2)C1. The highest BCUT2D eigenvalue weighted by molar-refractivity contribution is 5.13. The van der Waals surface area contributed by atoms with Crippen LogP contribution in [0.1, 0.15) is 19.4 Å². The van der Waals surface area contributed by atoms with Gasteiger partial charge in [-0.25, -0.2) is 0 Å². The fraction of sp³-hybridized carbons (Fsp3) is 0.571. The molecule has 0 spiro atoms. The summed E-state index contributed by atoms with van der Waals surface area (Å²) in [6.07, 6.45) is 0.164. The Morgan fingerprint density at radius 1 is 1.29 bits per heavy atom. The molecule has 1 heterocycles. The highest BCUT2D eigenvalue weighted by Gasteiger charge is 2.31. The zero-order chi connectivity index (χ0) is 12.3. The van der Waals surface area contributed by atoms with Gasteiger partial charge in [0, 0.05) is 25.2 Å². The Balaban J connectivity index is 1.84. The normalized spacial score (nSPS) is 25.6. The second kappa shape index (κ2) is 5.63. The molecule has 2 N–H and O–H groups in total. The van der Waals surface area contributed by atoms with Crippen LogP contribution in [0.25, 0.3) is 0 Å². The van der Waals surface area contributed by atoms with Crippen molar-refractivity contribution in [2.45, 2.75) is 38.6 Å². The van der Waals surface area contributed by atoms with Crippen molar-refractivity contribution in [3.05, 3.63) is 35.9 Å². The van der Waals surface area contributed by atoms with E-state index in [-0.39, 0.29) is 12.1 Å². The van der Waals surface area contributed by atoms with Crippen molar-refractivity contribution in [1.29, 1.82) is 0 Å². The summed E-state index contributed by atoms with van der Waals surface area (Å²) in [5, 5.41) is 0. The summed E-state index contributed by atoms with van der Waals surface area (Å²) in [5.41, 5.74) is 7.32. The van der Waals surface area contributed by atoms with Gasteiger partial charge in [0.2, 0.25) is 0 Å². The zero-order valence-electron chi connectivity index (χ0n) is 10.7. The van der Waals surface area contributed by atoms with Crippen molar-refractivity contribution >= 4 is 0 Å². The summed E-state index contributed by atoms with van der Waals surface area (Å²) in [7, 11) is 0. The first kappa shape index (κ1) is 12.6. The summed E-state index contributed by atoms with van der Waals surface area (Å²) in [6, 6.07) is 10.9. The molecule has 2 unspecified atom stereocenters. The number of rotatable bonds is 4. The Morgan fingerprint density at radius 2 is 2.00 bits per heavy atom. The van der Waals surface area contributed by atoms with Crippen LogP contribution in [0.4, 0.5) is 0 Å². The van der Waals surface area contributed by atoms with Crippen LogP contribution in [0.15, 0.2) is 30.3 Å². The molecule has 1 saturated heterocycles. The molecule has 1 aromatic rings. The minimum atomic E-state index is 0.140. The minimum absolute atomic E-state index is 0.140. The fourth-order valence-electron chi connectivity index (χ4n) is 2.20. The maximum Gasteiger partial charge on any atom is 0.0869 e. The third kappa shape index (κ3) is 3.28. The van der Waals surface area contributed by atoms with E-state index >= 15 is 0 Å². The highest BCUT2D eigenvalue weighted by Crippen LogP contribution is 2.16. The molecule has 0 bridgehead atoms. The van der Waals surface area contributed by atoms with Gasteiger partial charge in [0.05, 0.1) is 12.7 Å². The number of hydrogen-bond donors (Lipinski definition) is 1. The smallest absolute Gasteiger partial charge is 0.0869 e. The van der Waals surface area contributed by atoms with Gasteiger partial charge in [0.1, 0.15) is 0 Å². The van der Waals surface area contributed by atoms with E-state index < -0.39 is 0 Å². The summed E-state index contributed by atoms with van der Waals surface area (Å²) in [4.78, 5) is 2.38. The molecule has 17 heavy (non-hydrogen) atoms. The molecular weight excluding hydrogens is 212 g/mol. The number of benzene rings is 1. The van der Waals surface area contributed by atoms with Crippen molar-refractivity contribution in [2.24, 2.45) is 5.73 Å². The summed E-state index contributed by atoms with van der Waals surface area (Å²) >= 11 is 0. The Kier molecular flexibility index (Phi) is 4.15. The standard InChI is InChI=1S/C14H22N2O/c1-11(2)16-8-13(15)14(9-16)17-10-12-6-4-3-5-7-12/h3-7,11,13-14H,8-10,15H2,1-2H3. The van der Waals surface area contributed by atoms with Crippen LogP contribution in [0.2, 0.25) is 0 Å². The van der Waals surface area contributed by atoms with Crippen LogP contribution in [-0.4, -0.2) is 36.2 Å². The summed E-state index contributed by atoms with van der Waals surface area (Å²) < 4.78 is 5.92. The largest absolute Gasteiger partial charge is 0.371 e. The second-order valence-electron chi connectivity index (χ2n) is 5.05. The van der Waals surface area contributed by atoms with Crippen LogP contribution in [0.3, 0.4) is 0 Å². The third-order valence-corrected chi connectivity index (χ3v) is 3.37. The van der Waals surface area contributed by atoms with Gasteiger partial charge in [0.25, 0.3) is 0 Å². The number of nitrogens with zero attached hydrogens (tertiary/aromatic N) is 1. The Hall–Kier alpha value is -0.900. The highest BCUT2D eigenvalue weighted by atomic mass is 16.5.